The molecule has 0 atom stereocenters. The molecule has 144 valence electrons. The Kier molecular flexibility index (Phi) is 8.57. The fraction of sp³-hybridized carbons (Fsp3) is 0.333. The van der Waals surface area contributed by atoms with Crippen LogP contribution in [-0.4, -0.2) is 28.6 Å². The average Bonchev–Trinajstić information content (AvgIpc) is 3.07. The normalized spacial score (nSPS) is 11.3. The molecule has 0 saturated carbocycles. The van der Waals surface area contributed by atoms with Gasteiger partial charge < -0.3 is 15.2 Å². The number of benzene rings is 2. The van der Waals surface area contributed by atoms with Gasteiger partial charge in [-0.25, -0.2) is 9.98 Å². The maximum absolute atomic E-state index is 4.70. The van der Waals surface area contributed by atoms with Gasteiger partial charge in [0.1, 0.15) is 0 Å². The summed E-state index contributed by atoms with van der Waals surface area (Å²) in [4.78, 5) is 9.14. The highest BCUT2D eigenvalue weighted by Gasteiger charge is 2.02. The van der Waals surface area contributed by atoms with E-state index in [-0.39, 0.29) is 24.0 Å². The summed E-state index contributed by atoms with van der Waals surface area (Å²) in [6.07, 6.45) is 2.93. The minimum atomic E-state index is 0. The van der Waals surface area contributed by atoms with Crippen molar-refractivity contribution in [1.82, 2.24) is 20.2 Å². The number of halogens is 1. The monoisotopic (exact) mass is 477 g/mol. The fourth-order valence-electron chi connectivity index (χ4n) is 2.94. The molecule has 3 rings (SSSR count). The second-order valence-electron chi connectivity index (χ2n) is 6.33. The average molecular weight is 477 g/mol. The molecule has 0 aliphatic heterocycles. The molecule has 0 unspecified atom stereocenters. The Morgan fingerprint density at radius 2 is 1.85 bits per heavy atom. The Morgan fingerprint density at radius 1 is 1.07 bits per heavy atom. The van der Waals surface area contributed by atoms with Crippen LogP contribution >= 0.6 is 24.0 Å². The topological polar surface area (TPSA) is 54.2 Å². The first-order valence-electron chi connectivity index (χ1n) is 9.24. The van der Waals surface area contributed by atoms with Gasteiger partial charge in [-0.15, -0.1) is 24.0 Å². The summed E-state index contributed by atoms with van der Waals surface area (Å²) in [5, 5.41) is 6.74. The van der Waals surface area contributed by atoms with Gasteiger partial charge in [-0.05, 0) is 43.5 Å². The maximum atomic E-state index is 4.70. The van der Waals surface area contributed by atoms with E-state index in [1.165, 1.54) is 16.6 Å². The molecule has 3 aromatic rings. The van der Waals surface area contributed by atoms with Gasteiger partial charge in [0.25, 0.3) is 0 Å². The number of guanidine groups is 1. The molecule has 27 heavy (non-hydrogen) atoms. The Morgan fingerprint density at radius 3 is 2.67 bits per heavy atom. The molecule has 0 aliphatic carbocycles. The molecule has 0 fully saturated rings. The molecular formula is C21H28IN5. The molecule has 0 bridgehead atoms. The number of hydrogen-bond donors (Lipinski definition) is 2. The molecule has 6 heteroatoms. The third kappa shape index (κ3) is 5.95. The Labute approximate surface area is 178 Å². The van der Waals surface area contributed by atoms with Crippen molar-refractivity contribution >= 4 is 41.0 Å². The van der Waals surface area contributed by atoms with Gasteiger partial charge in [0.15, 0.2) is 5.96 Å². The molecule has 0 amide bonds. The summed E-state index contributed by atoms with van der Waals surface area (Å²) >= 11 is 0. The number of nitrogens with one attached hydrogen (secondary N) is 2. The summed E-state index contributed by atoms with van der Waals surface area (Å²) in [5.41, 5.74) is 4.77. The molecule has 5 nitrogen and oxygen atoms in total. The number of imidazole rings is 1. The number of para-hydroxylation sites is 2. The first-order chi connectivity index (χ1) is 12.8. The van der Waals surface area contributed by atoms with Crippen molar-refractivity contribution in [2.75, 3.05) is 13.1 Å². The number of fused-ring (bicyclic) bond motifs is 1. The number of aryl methyl sites for hydroxylation is 2. The highest BCUT2D eigenvalue weighted by atomic mass is 127. The first-order valence-corrected chi connectivity index (χ1v) is 9.24. The Balaban J connectivity index is 0.00000261. The summed E-state index contributed by atoms with van der Waals surface area (Å²) < 4.78 is 2.20. The van der Waals surface area contributed by atoms with Gasteiger partial charge in [-0.3, -0.25) is 0 Å². The van der Waals surface area contributed by atoms with Crippen molar-refractivity contribution in [2.45, 2.75) is 33.4 Å². The summed E-state index contributed by atoms with van der Waals surface area (Å²) in [7, 11) is 0. The van der Waals surface area contributed by atoms with Gasteiger partial charge in [0.2, 0.25) is 0 Å². The molecule has 0 aliphatic rings. The van der Waals surface area contributed by atoms with Crippen LogP contribution in [0.4, 0.5) is 0 Å². The minimum Gasteiger partial charge on any atom is -0.357 e. The lowest BCUT2D eigenvalue weighted by Crippen LogP contribution is -2.38. The van der Waals surface area contributed by atoms with E-state index in [9.17, 15) is 0 Å². The number of aromatic nitrogens is 2. The largest absolute Gasteiger partial charge is 0.357 e. The third-order valence-corrected chi connectivity index (χ3v) is 4.41. The number of rotatable bonds is 7. The lowest BCUT2D eigenvalue weighted by molar-refractivity contribution is 0.637. The highest BCUT2D eigenvalue weighted by molar-refractivity contribution is 14.0. The first kappa shape index (κ1) is 21.2. The van der Waals surface area contributed by atoms with E-state index in [0.717, 1.165) is 37.5 Å². The second kappa shape index (κ2) is 10.9. The third-order valence-electron chi connectivity index (χ3n) is 4.41. The van der Waals surface area contributed by atoms with E-state index in [4.69, 9.17) is 4.99 Å². The van der Waals surface area contributed by atoms with E-state index >= 15 is 0 Å². The van der Waals surface area contributed by atoms with Crippen molar-refractivity contribution in [3.05, 3.63) is 66.0 Å². The van der Waals surface area contributed by atoms with Crippen LogP contribution in [0.5, 0.6) is 0 Å². The van der Waals surface area contributed by atoms with Crippen LogP contribution in [0.2, 0.25) is 0 Å². The molecule has 1 heterocycles. The smallest absolute Gasteiger partial charge is 0.191 e. The van der Waals surface area contributed by atoms with Gasteiger partial charge in [0, 0.05) is 19.6 Å². The summed E-state index contributed by atoms with van der Waals surface area (Å²) in [6, 6.07) is 16.6. The molecule has 0 spiro atoms. The van der Waals surface area contributed by atoms with Crippen molar-refractivity contribution in [1.29, 1.82) is 0 Å². The Bertz CT molecular complexity index is 872. The molecule has 0 saturated heterocycles. The maximum Gasteiger partial charge on any atom is 0.191 e. The number of nitrogens with zero attached hydrogens (tertiary/aromatic N) is 3. The lowest BCUT2D eigenvalue weighted by Gasteiger charge is -2.12. The van der Waals surface area contributed by atoms with E-state index < -0.39 is 0 Å². The van der Waals surface area contributed by atoms with Crippen molar-refractivity contribution < 1.29 is 0 Å². The quantitative estimate of drug-likeness (QED) is 0.233. The molecular weight excluding hydrogens is 449 g/mol. The predicted molar refractivity (Wildman–Crippen MR) is 124 cm³/mol. The zero-order valence-corrected chi connectivity index (χ0v) is 18.3. The van der Waals surface area contributed by atoms with Crippen LogP contribution in [0.1, 0.15) is 24.5 Å². The van der Waals surface area contributed by atoms with E-state index in [0.29, 0.717) is 6.54 Å². The van der Waals surface area contributed by atoms with Crippen molar-refractivity contribution in [2.24, 2.45) is 4.99 Å². The van der Waals surface area contributed by atoms with Crippen molar-refractivity contribution in [3.8, 4) is 0 Å². The fourth-order valence-corrected chi connectivity index (χ4v) is 2.94. The van der Waals surface area contributed by atoms with Gasteiger partial charge >= 0.3 is 0 Å². The minimum absolute atomic E-state index is 0. The van der Waals surface area contributed by atoms with Crippen LogP contribution < -0.4 is 10.6 Å². The van der Waals surface area contributed by atoms with Crippen LogP contribution in [0, 0.1) is 6.92 Å². The summed E-state index contributed by atoms with van der Waals surface area (Å²) in [5.74, 6) is 0.867. The van der Waals surface area contributed by atoms with Crippen LogP contribution in [0.3, 0.4) is 0 Å². The van der Waals surface area contributed by atoms with Crippen LogP contribution in [0.15, 0.2) is 59.9 Å². The van der Waals surface area contributed by atoms with Gasteiger partial charge in [-0.1, -0.05) is 36.4 Å². The lowest BCUT2D eigenvalue weighted by atomic mass is 10.1. The zero-order valence-electron chi connectivity index (χ0n) is 16.0. The number of aliphatic imine (C=N–C) groups is 1. The van der Waals surface area contributed by atoms with E-state index in [1.54, 1.807) is 0 Å². The van der Waals surface area contributed by atoms with Crippen LogP contribution in [-0.2, 0) is 13.1 Å². The number of hydrogen-bond acceptors (Lipinski definition) is 2. The highest BCUT2D eigenvalue weighted by Crippen LogP contribution is 2.12. The molecule has 1 aromatic heterocycles. The van der Waals surface area contributed by atoms with Crippen LogP contribution in [0.25, 0.3) is 11.0 Å². The molecule has 0 radical (unpaired) electrons. The van der Waals surface area contributed by atoms with E-state index in [2.05, 4.69) is 70.4 Å². The standard InChI is InChI=1S/C21H27N5.HI/c1-3-22-21(24-15-18-10-5-4-9-17(18)2)23-13-8-14-26-16-25-19-11-6-7-12-20(19)26;/h4-7,9-12,16H,3,8,13-15H2,1-2H3,(H2,22,23,24);1H. The van der Waals surface area contributed by atoms with Gasteiger partial charge in [-0.2, -0.15) is 0 Å². The second-order valence-corrected chi connectivity index (χ2v) is 6.33. The molecule has 2 aromatic carbocycles. The molecule has 2 N–H and O–H groups in total. The van der Waals surface area contributed by atoms with Crippen molar-refractivity contribution in [3.63, 3.8) is 0 Å². The zero-order chi connectivity index (χ0) is 18.2. The van der Waals surface area contributed by atoms with Gasteiger partial charge in [0.05, 0.1) is 23.9 Å². The predicted octanol–water partition coefficient (Wildman–Crippen LogP) is 4.11. The van der Waals surface area contributed by atoms with E-state index in [1.807, 2.05) is 18.5 Å². The Hall–Kier alpha value is -2.09. The summed E-state index contributed by atoms with van der Waals surface area (Å²) in [6.45, 7) is 7.56. The SMILES string of the molecule is CCNC(=NCc1ccccc1C)NCCCn1cnc2ccccc21.I.